The molecule has 0 aromatic heterocycles. The average Bonchev–Trinajstić information content (AvgIpc) is 2.64. The normalized spacial score (nSPS) is 14.3. The number of amides is 3. The molecule has 0 aromatic carbocycles. The van der Waals surface area contributed by atoms with Crippen LogP contribution in [0.1, 0.15) is 54.4 Å². The van der Waals surface area contributed by atoms with Crippen LogP contribution < -0.4 is 16.0 Å². The zero-order valence-electron chi connectivity index (χ0n) is 20.9. The first-order chi connectivity index (χ1) is 16.1. The van der Waals surface area contributed by atoms with Crippen LogP contribution in [-0.2, 0) is 23.9 Å². The summed E-state index contributed by atoms with van der Waals surface area (Å²) in [5, 5.41) is 6.97. The summed E-state index contributed by atoms with van der Waals surface area (Å²) in [6.45, 7) is 7.45. The minimum Gasteiger partial charge on any atom is -0.444 e. The molecule has 2 atom stereocenters. The van der Waals surface area contributed by atoms with Gasteiger partial charge in [0.2, 0.25) is 17.9 Å². The molecule has 3 N–H and O–H groups in total. The maximum absolute atomic E-state index is 12.7. The van der Waals surface area contributed by atoms with E-state index in [-0.39, 0.29) is 19.4 Å². The van der Waals surface area contributed by atoms with E-state index >= 15 is 0 Å². The van der Waals surface area contributed by atoms with Crippen LogP contribution in [0.5, 0.6) is 0 Å². The molecule has 0 spiro atoms. The minimum atomic E-state index is -5.82. The summed E-state index contributed by atoms with van der Waals surface area (Å²) in [6, 6.07) is -2.69. The van der Waals surface area contributed by atoms with Crippen LogP contribution in [0.25, 0.3) is 0 Å². The molecule has 0 saturated carbocycles. The second-order valence-corrected chi connectivity index (χ2v) is 9.29. The molecule has 0 aromatic rings. The number of halogens is 6. The van der Waals surface area contributed by atoms with Gasteiger partial charge in [-0.2, -0.15) is 26.3 Å². The van der Waals surface area contributed by atoms with E-state index in [9.17, 15) is 45.5 Å². The Balaban J connectivity index is 5.44. The molecule has 0 aliphatic heterocycles. The molecule has 15 heteroatoms. The van der Waals surface area contributed by atoms with Crippen molar-refractivity contribution in [2.24, 2.45) is 5.92 Å². The molecule has 0 unspecified atom stereocenters. The van der Waals surface area contributed by atoms with E-state index in [1.54, 1.807) is 34.6 Å². The first kappa shape index (κ1) is 33.4. The lowest BCUT2D eigenvalue weighted by Crippen LogP contribution is -2.54. The number of hydrogen-bond acceptors (Lipinski definition) is 6. The van der Waals surface area contributed by atoms with Crippen molar-refractivity contribution in [1.82, 2.24) is 16.0 Å². The Bertz CT molecular complexity index is 751. The molecule has 9 nitrogen and oxygen atoms in total. The van der Waals surface area contributed by atoms with E-state index < -0.39 is 72.4 Å². The molecular weight excluding hydrogens is 504 g/mol. The summed E-state index contributed by atoms with van der Waals surface area (Å²) in [5.74, 6) is -3.17. The van der Waals surface area contributed by atoms with Crippen molar-refractivity contribution in [1.29, 1.82) is 0 Å². The highest BCUT2D eigenvalue weighted by Crippen LogP contribution is 2.35. The topological polar surface area (TPSA) is 123 Å². The van der Waals surface area contributed by atoms with Gasteiger partial charge in [0.15, 0.2) is 5.78 Å². The van der Waals surface area contributed by atoms with Crippen LogP contribution in [0.15, 0.2) is 0 Å². The number of carbonyl (C=O) groups excluding carboxylic acids is 4. The van der Waals surface area contributed by atoms with Gasteiger partial charge < -0.3 is 25.4 Å². The van der Waals surface area contributed by atoms with Crippen molar-refractivity contribution in [3.63, 3.8) is 0 Å². The molecule has 36 heavy (non-hydrogen) atoms. The lowest BCUT2D eigenvalue weighted by Gasteiger charge is -2.26. The van der Waals surface area contributed by atoms with Gasteiger partial charge in [-0.25, -0.2) is 4.79 Å². The Hall–Kier alpha value is -2.58. The maximum atomic E-state index is 12.7. The van der Waals surface area contributed by atoms with Crippen LogP contribution in [0, 0.1) is 5.92 Å². The zero-order valence-corrected chi connectivity index (χ0v) is 20.9. The van der Waals surface area contributed by atoms with Crippen molar-refractivity contribution >= 4 is 23.7 Å². The van der Waals surface area contributed by atoms with Crippen molar-refractivity contribution in [2.45, 2.75) is 90.5 Å². The SMILES string of the molecule is CC(=O)N[C@H](C(=O)N[C@@H](CCCNC(=O)OC(C)(C)C)C(=O)COC(C(F)(F)F)C(F)(F)F)C(C)C. The van der Waals surface area contributed by atoms with Crippen LogP contribution >= 0.6 is 0 Å². The quantitative estimate of drug-likeness (QED) is 0.260. The maximum Gasteiger partial charge on any atom is 0.423 e. The Kier molecular flexibility index (Phi) is 12.7. The molecule has 0 fully saturated rings. The van der Waals surface area contributed by atoms with Gasteiger partial charge in [0.1, 0.15) is 18.2 Å². The van der Waals surface area contributed by atoms with Gasteiger partial charge in [0.05, 0.1) is 6.04 Å². The predicted molar refractivity (Wildman–Crippen MR) is 115 cm³/mol. The summed E-state index contributed by atoms with van der Waals surface area (Å²) in [4.78, 5) is 48.2. The van der Waals surface area contributed by atoms with Crippen LogP contribution in [-0.4, -0.2) is 73.0 Å². The largest absolute Gasteiger partial charge is 0.444 e. The van der Waals surface area contributed by atoms with Crippen molar-refractivity contribution in [3.05, 3.63) is 0 Å². The number of carbonyl (C=O) groups is 4. The first-order valence-electron chi connectivity index (χ1n) is 11.0. The van der Waals surface area contributed by atoms with E-state index in [0.29, 0.717) is 0 Å². The standard InChI is InChI=1S/C21H33F6N3O6/c1-11(2)15(29-12(3)31)16(33)30-13(8-7-9-28-18(34)36-19(4,5)6)14(32)10-35-17(20(22,23)24)21(25,26)27/h11,13,15,17H,7-10H2,1-6H3,(H,28,34)(H,29,31)(H,30,33)/t13-,15-/m0/s1. The highest BCUT2D eigenvalue weighted by molar-refractivity contribution is 5.93. The van der Waals surface area contributed by atoms with Gasteiger partial charge in [0.25, 0.3) is 0 Å². The fourth-order valence-corrected chi connectivity index (χ4v) is 2.78. The van der Waals surface area contributed by atoms with Crippen molar-refractivity contribution < 1.29 is 55.0 Å². The minimum absolute atomic E-state index is 0.00954. The fourth-order valence-electron chi connectivity index (χ4n) is 2.78. The third kappa shape index (κ3) is 13.5. The number of nitrogens with one attached hydrogen (secondary N) is 3. The Morgan fingerprint density at radius 1 is 0.889 bits per heavy atom. The van der Waals surface area contributed by atoms with Crippen LogP contribution in [0.3, 0.4) is 0 Å². The summed E-state index contributed by atoms with van der Waals surface area (Å²) in [7, 11) is 0. The second-order valence-electron chi connectivity index (χ2n) is 9.29. The van der Waals surface area contributed by atoms with Gasteiger partial charge in [-0.05, 0) is 39.5 Å². The van der Waals surface area contributed by atoms with E-state index in [1.807, 2.05) is 0 Å². The molecule has 0 aliphatic rings. The van der Waals surface area contributed by atoms with Gasteiger partial charge in [-0.1, -0.05) is 13.8 Å². The third-order valence-corrected chi connectivity index (χ3v) is 4.34. The van der Waals surface area contributed by atoms with E-state index in [1.165, 1.54) is 0 Å². The van der Waals surface area contributed by atoms with E-state index in [2.05, 4.69) is 20.7 Å². The van der Waals surface area contributed by atoms with Gasteiger partial charge in [0, 0.05) is 13.5 Å². The first-order valence-corrected chi connectivity index (χ1v) is 11.0. The van der Waals surface area contributed by atoms with Crippen molar-refractivity contribution in [2.75, 3.05) is 13.2 Å². The number of alkyl halides is 6. The summed E-state index contributed by atoms with van der Waals surface area (Å²) >= 11 is 0. The second kappa shape index (κ2) is 13.7. The summed E-state index contributed by atoms with van der Waals surface area (Å²) < 4.78 is 85.2. The Labute approximate surface area is 205 Å². The molecule has 0 aliphatic carbocycles. The lowest BCUT2D eigenvalue weighted by molar-refractivity contribution is -0.319. The van der Waals surface area contributed by atoms with Crippen molar-refractivity contribution in [3.8, 4) is 0 Å². The van der Waals surface area contributed by atoms with Crippen LogP contribution in [0.4, 0.5) is 31.1 Å². The molecule has 210 valence electrons. The van der Waals surface area contributed by atoms with E-state index in [4.69, 9.17) is 4.74 Å². The summed E-state index contributed by atoms with van der Waals surface area (Å²) in [5.41, 5.74) is -0.795. The molecule has 0 saturated heterocycles. The third-order valence-electron chi connectivity index (χ3n) is 4.34. The average molecular weight is 537 g/mol. The predicted octanol–water partition coefficient (Wildman–Crippen LogP) is 3.02. The Morgan fingerprint density at radius 3 is 1.83 bits per heavy atom. The highest BCUT2D eigenvalue weighted by Gasteiger charge is 2.58. The fraction of sp³-hybridized carbons (Fsp3) is 0.810. The number of alkyl carbamates (subject to hydrolysis) is 1. The smallest absolute Gasteiger partial charge is 0.423 e. The number of hydrogen-bond donors (Lipinski definition) is 3. The molecule has 3 amide bonds. The van der Waals surface area contributed by atoms with Gasteiger partial charge in [-0.15, -0.1) is 0 Å². The van der Waals surface area contributed by atoms with Gasteiger partial charge >= 0.3 is 18.4 Å². The molecule has 0 bridgehead atoms. The number of ketones is 1. The van der Waals surface area contributed by atoms with Crippen LogP contribution in [0.2, 0.25) is 0 Å². The lowest BCUT2D eigenvalue weighted by atomic mass is 10.0. The van der Waals surface area contributed by atoms with Gasteiger partial charge in [-0.3, -0.25) is 14.4 Å². The molecule has 0 radical (unpaired) electrons. The number of Topliss-reactive ketones (excluding diaryl/α,β-unsaturated/α-hetero) is 1. The molecule has 0 rings (SSSR count). The summed E-state index contributed by atoms with van der Waals surface area (Å²) in [6.07, 6.45) is -16.9. The number of ether oxygens (including phenoxy) is 2. The highest BCUT2D eigenvalue weighted by atomic mass is 19.4. The zero-order chi connectivity index (χ0) is 28.5. The number of rotatable bonds is 12. The van der Waals surface area contributed by atoms with E-state index in [0.717, 1.165) is 6.92 Å². The molecular formula is C21H33F6N3O6. The monoisotopic (exact) mass is 537 g/mol. The Morgan fingerprint density at radius 2 is 1.42 bits per heavy atom. The molecule has 0 heterocycles.